The molecular formula is C16H19NO3S. The molecule has 0 aromatic heterocycles. The maximum Gasteiger partial charge on any atom is 0.224 e. The number of anilines is 1. The molecule has 0 bridgehead atoms. The molecule has 0 spiro atoms. The van der Waals surface area contributed by atoms with E-state index < -0.39 is 9.84 Å². The molecule has 1 heterocycles. The Balaban J connectivity index is 1.67. The zero-order valence-electron chi connectivity index (χ0n) is 11.8. The van der Waals surface area contributed by atoms with Gasteiger partial charge in [0.15, 0.2) is 0 Å². The van der Waals surface area contributed by atoms with Crippen LogP contribution in [0.1, 0.15) is 44.1 Å². The number of carbonyl (C=O) groups excluding carboxylic acids is 1. The van der Waals surface area contributed by atoms with Gasteiger partial charge in [-0.2, -0.15) is 0 Å². The van der Waals surface area contributed by atoms with Gasteiger partial charge in [-0.3, -0.25) is 4.79 Å². The van der Waals surface area contributed by atoms with Gasteiger partial charge in [-0.25, -0.2) is 8.42 Å². The van der Waals surface area contributed by atoms with Gasteiger partial charge in [-0.05, 0) is 42.5 Å². The first-order chi connectivity index (χ1) is 10.0. The zero-order chi connectivity index (χ0) is 14.9. The molecule has 1 saturated carbocycles. The van der Waals surface area contributed by atoms with Crippen LogP contribution < -0.4 is 5.32 Å². The molecule has 0 unspecified atom stereocenters. The summed E-state index contributed by atoms with van der Waals surface area (Å²) in [5.74, 6) is 0.448. The molecule has 21 heavy (non-hydrogen) atoms. The highest BCUT2D eigenvalue weighted by Gasteiger charge is 2.22. The molecule has 1 aromatic rings. The van der Waals surface area contributed by atoms with Crippen LogP contribution in [0.5, 0.6) is 0 Å². The van der Waals surface area contributed by atoms with E-state index in [9.17, 15) is 13.2 Å². The predicted octanol–water partition coefficient (Wildman–Crippen LogP) is 3.35. The predicted molar refractivity (Wildman–Crippen MR) is 82.5 cm³/mol. The Morgan fingerprint density at radius 3 is 2.71 bits per heavy atom. The second-order valence-electron chi connectivity index (χ2n) is 5.86. The summed E-state index contributed by atoms with van der Waals surface area (Å²) in [5, 5.41) is 4.03. The summed E-state index contributed by atoms with van der Waals surface area (Å²) in [6.45, 7) is 0. The lowest BCUT2D eigenvalue weighted by Gasteiger charge is -2.20. The Morgan fingerprint density at radius 1 is 1.19 bits per heavy atom. The topological polar surface area (TPSA) is 63.2 Å². The van der Waals surface area contributed by atoms with E-state index in [0.717, 1.165) is 12.8 Å². The van der Waals surface area contributed by atoms with Crippen LogP contribution in [-0.2, 0) is 14.6 Å². The number of sulfone groups is 1. The van der Waals surface area contributed by atoms with Crippen molar-refractivity contribution in [2.24, 2.45) is 5.92 Å². The van der Waals surface area contributed by atoms with Crippen molar-refractivity contribution in [3.63, 3.8) is 0 Å². The third kappa shape index (κ3) is 3.18. The fourth-order valence-corrected chi connectivity index (χ4v) is 4.33. The first-order valence-corrected chi connectivity index (χ1v) is 8.96. The van der Waals surface area contributed by atoms with Gasteiger partial charge in [0.1, 0.15) is 0 Å². The molecule has 3 rings (SSSR count). The van der Waals surface area contributed by atoms with Crippen molar-refractivity contribution >= 4 is 27.5 Å². The molecule has 1 amide bonds. The van der Waals surface area contributed by atoms with Crippen molar-refractivity contribution in [2.45, 2.75) is 43.4 Å². The van der Waals surface area contributed by atoms with Crippen LogP contribution in [-0.4, -0.2) is 14.3 Å². The summed E-state index contributed by atoms with van der Waals surface area (Å²) in [6.07, 6.45) is 8.04. The summed E-state index contributed by atoms with van der Waals surface area (Å²) < 4.78 is 23.6. The Morgan fingerprint density at radius 2 is 1.95 bits per heavy atom. The zero-order valence-corrected chi connectivity index (χ0v) is 12.7. The van der Waals surface area contributed by atoms with Gasteiger partial charge in [0, 0.05) is 17.5 Å². The van der Waals surface area contributed by atoms with Gasteiger partial charge in [-0.1, -0.05) is 25.3 Å². The fourth-order valence-electron chi connectivity index (χ4n) is 3.10. The normalized spacial score (nSPS) is 20.2. The van der Waals surface area contributed by atoms with Crippen LogP contribution in [0.4, 0.5) is 5.69 Å². The molecule has 0 saturated heterocycles. The number of benzene rings is 1. The van der Waals surface area contributed by atoms with Crippen molar-refractivity contribution < 1.29 is 13.2 Å². The number of rotatable bonds is 3. The second kappa shape index (κ2) is 5.64. The average molecular weight is 305 g/mol. The Bertz CT molecular complexity index is 685. The van der Waals surface area contributed by atoms with Crippen LogP contribution >= 0.6 is 0 Å². The Hall–Kier alpha value is -1.62. The van der Waals surface area contributed by atoms with Crippen LogP contribution in [0.3, 0.4) is 0 Å². The smallest absolute Gasteiger partial charge is 0.224 e. The van der Waals surface area contributed by atoms with E-state index >= 15 is 0 Å². The monoisotopic (exact) mass is 305 g/mol. The minimum absolute atomic E-state index is 0.0230. The van der Waals surface area contributed by atoms with Gasteiger partial charge in [-0.15, -0.1) is 0 Å². The summed E-state index contributed by atoms with van der Waals surface area (Å²) in [4.78, 5) is 12.3. The SMILES string of the molecule is O=C(CC1CCCCC1)Nc1ccc2c(c1)S(=O)(=O)C=C2. The number of carbonyl (C=O) groups is 1. The van der Waals surface area contributed by atoms with E-state index in [0.29, 0.717) is 23.6 Å². The third-order valence-electron chi connectivity index (χ3n) is 4.23. The molecule has 5 heteroatoms. The average Bonchev–Trinajstić information content (AvgIpc) is 2.75. The highest BCUT2D eigenvalue weighted by Crippen LogP contribution is 2.30. The highest BCUT2D eigenvalue weighted by atomic mass is 32.2. The van der Waals surface area contributed by atoms with Crippen LogP contribution in [0.2, 0.25) is 0 Å². The molecule has 2 aliphatic rings. The number of hydrogen-bond donors (Lipinski definition) is 1. The lowest BCUT2D eigenvalue weighted by atomic mass is 9.87. The molecule has 112 valence electrons. The maximum atomic E-state index is 12.1. The second-order valence-corrected chi connectivity index (χ2v) is 7.66. The van der Waals surface area contributed by atoms with Crippen molar-refractivity contribution in [3.05, 3.63) is 29.2 Å². The van der Waals surface area contributed by atoms with E-state index in [4.69, 9.17) is 0 Å². The highest BCUT2D eigenvalue weighted by molar-refractivity contribution is 7.94. The molecular weight excluding hydrogens is 286 g/mol. The first kappa shape index (κ1) is 14.3. The lowest BCUT2D eigenvalue weighted by Crippen LogP contribution is -2.18. The number of amides is 1. The molecule has 1 N–H and O–H groups in total. The van der Waals surface area contributed by atoms with E-state index in [2.05, 4.69) is 5.32 Å². The standard InChI is InChI=1S/C16H19NO3S/c18-16(10-12-4-2-1-3-5-12)17-14-7-6-13-8-9-21(19,20)15(13)11-14/h6-9,11-12H,1-5,10H2,(H,17,18). The van der Waals surface area contributed by atoms with E-state index in [1.807, 2.05) is 0 Å². The van der Waals surface area contributed by atoms with Crippen molar-refractivity contribution in [3.8, 4) is 0 Å². The lowest BCUT2D eigenvalue weighted by molar-refractivity contribution is -0.117. The number of fused-ring (bicyclic) bond motifs is 1. The molecule has 0 radical (unpaired) electrons. The van der Waals surface area contributed by atoms with E-state index in [1.165, 1.54) is 24.7 Å². The summed E-state index contributed by atoms with van der Waals surface area (Å²) in [5.41, 5.74) is 1.24. The maximum absolute atomic E-state index is 12.1. The Kier molecular flexibility index (Phi) is 3.85. The van der Waals surface area contributed by atoms with Gasteiger partial charge in [0.05, 0.1) is 4.90 Å². The molecule has 1 fully saturated rings. The van der Waals surface area contributed by atoms with Crippen LogP contribution in [0.25, 0.3) is 6.08 Å². The van der Waals surface area contributed by atoms with Gasteiger partial charge < -0.3 is 5.32 Å². The molecule has 0 atom stereocenters. The summed E-state index contributed by atoms with van der Waals surface area (Å²) in [6, 6.07) is 5.03. The van der Waals surface area contributed by atoms with Gasteiger partial charge in [0.2, 0.25) is 15.7 Å². The van der Waals surface area contributed by atoms with Crippen LogP contribution in [0.15, 0.2) is 28.5 Å². The molecule has 1 aliphatic heterocycles. The van der Waals surface area contributed by atoms with Crippen molar-refractivity contribution in [2.75, 3.05) is 5.32 Å². The van der Waals surface area contributed by atoms with Crippen molar-refractivity contribution in [1.82, 2.24) is 0 Å². The quantitative estimate of drug-likeness (QED) is 0.931. The molecule has 1 aromatic carbocycles. The fraction of sp³-hybridized carbons (Fsp3) is 0.438. The molecule has 1 aliphatic carbocycles. The van der Waals surface area contributed by atoms with Crippen molar-refractivity contribution in [1.29, 1.82) is 0 Å². The third-order valence-corrected chi connectivity index (χ3v) is 5.69. The minimum atomic E-state index is -3.32. The summed E-state index contributed by atoms with van der Waals surface area (Å²) >= 11 is 0. The van der Waals surface area contributed by atoms with E-state index in [1.54, 1.807) is 24.3 Å². The van der Waals surface area contributed by atoms with Crippen LogP contribution in [0, 0.1) is 5.92 Å². The van der Waals surface area contributed by atoms with Gasteiger partial charge >= 0.3 is 0 Å². The Labute approximate surface area is 125 Å². The number of nitrogens with one attached hydrogen (secondary N) is 1. The molecule has 4 nitrogen and oxygen atoms in total. The first-order valence-electron chi connectivity index (χ1n) is 7.42. The largest absolute Gasteiger partial charge is 0.326 e. The minimum Gasteiger partial charge on any atom is -0.326 e. The summed E-state index contributed by atoms with van der Waals surface area (Å²) in [7, 11) is -3.32. The van der Waals surface area contributed by atoms with E-state index in [-0.39, 0.29) is 10.8 Å². The number of hydrogen-bond acceptors (Lipinski definition) is 3. The van der Waals surface area contributed by atoms with Gasteiger partial charge in [0.25, 0.3) is 0 Å².